The molecule has 2 aliphatic heterocycles. The first-order valence-corrected chi connectivity index (χ1v) is 9.69. The molecule has 2 aromatic heterocycles. The number of piperazine rings is 1. The van der Waals surface area contributed by atoms with Crippen molar-refractivity contribution < 1.29 is 14.2 Å². The van der Waals surface area contributed by atoms with E-state index in [0.717, 1.165) is 25.1 Å². The Morgan fingerprint density at radius 3 is 2.64 bits per heavy atom. The van der Waals surface area contributed by atoms with E-state index in [1.165, 1.54) is 0 Å². The van der Waals surface area contributed by atoms with Crippen molar-refractivity contribution in [3.63, 3.8) is 0 Å². The first-order valence-electron chi connectivity index (χ1n) is 9.69. The highest BCUT2D eigenvalue weighted by Crippen LogP contribution is 2.18. The Labute approximate surface area is 162 Å². The average Bonchev–Trinajstić information content (AvgIpc) is 3.36. The zero-order valence-electron chi connectivity index (χ0n) is 16.3. The van der Waals surface area contributed by atoms with Crippen LogP contribution in [0.2, 0.25) is 0 Å². The molecule has 9 nitrogen and oxygen atoms in total. The molecule has 1 amide bonds. The lowest BCUT2D eigenvalue weighted by molar-refractivity contribution is 0.0740. The van der Waals surface area contributed by atoms with Gasteiger partial charge in [-0.2, -0.15) is 0 Å². The molecule has 2 aliphatic rings. The molecule has 0 aliphatic carbocycles. The van der Waals surface area contributed by atoms with E-state index in [0.29, 0.717) is 44.1 Å². The largest absolute Gasteiger partial charge is 0.376 e. The fourth-order valence-electron chi connectivity index (χ4n) is 3.87. The third-order valence-electron chi connectivity index (χ3n) is 5.51. The highest BCUT2D eigenvalue weighted by molar-refractivity contribution is 5.95. The Kier molecular flexibility index (Phi) is 5.17. The molecule has 2 aromatic rings. The molecule has 0 aromatic carbocycles. The first kappa shape index (κ1) is 18.7. The van der Waals surface area contributed by atoms with Crippen LogP contribution in [0.3, 0.4) is 0 Å². The second-order valence-corrected chi connectivity index (χ2v) is 7.42. The molecule has 28 heavy (non-hydrogen) atoms. The van der Waals surface area contributed by atoms with Gasteiger partial charge in [-0.3, -0.25) is 9.59 Å². The van der Waals surface area contributed by atoms with E-state index < -0.39 is 0 Å². The zero-order chi connectivity index (χ0) is 19.7. The lowest BCUT2D eigenvalue weighted by Crippen LogP contribution is -2.50. The maximum absolute atomic E-state index is 13.1. The number of carbonyl (C=O) groups is 1. The Morgan fingerprint density at radius 2 is 2.00 bits per heavy atom. The Morgan fingerprint density at radius 1 is 1.21 bits per heavy atom. The smallest absolute Gasteiger partial charge is 0.263 e. The van der Waals surface area contributed by atoms with Crippen LogP contribution in [0, 0.1) is 13.8 Å². The van der Waals surface area contributed by atoms with Crippen molar-refractivity contribution in [2.24, 2.45) is 0 Å². The van der Waals surface area contributed by atoms with Crippen LogP contribution in [0.5, 0.6) is 0 Å². The third-order valence-corrected chi connectivity index (χ3v) is 5.51. The van der Waals surface area contributed by atoms with E-state index in [4.69, 9.17) is 9.37 Å². The standard InChI is InChI=1S/C19H25N5O4/c1-13-5-6-24(12-15-4-3-11-27-15)19(26)16(13)18(25)23-9-7-22(8-10-23)17-14(2)20-28-21-17/h5-6,15H,3-4,7-12H2,1-2H3. The van der Waals surface area contributed by atoms with Gasteiger partial charge in [0.1, 0.15) is 11.3 Å². The van der Waals surface area contributed by atoms with Crippen LogP contribution in [0.25, 0.3) is 0 Å². The van der Waals surface area contributed by atoms with Crippen molar-refractivity contribution >= 4 is 11.7 Å². The monoisotopic (exact) mass is 387 g/mol. The molecule has 1 unspecified atom stereocenters. The summed E-state index contributed by atoms with van der Waals surface area (Å²) in [5, 5.41) is 7.73. The van der Waals surface area contributed by atoms with Gasteiger partial charge >= 0.3 is 0 Å². The van der Waals surface area contributed by atoms with E-state index in [1.54, 1.807) is 15.7 Å². The van der Waals surface area contributed by atoms with Gasteiger partial charge in [0.2, 0.25) is 0 Å². The summed E-state index contributed by atoms with van der Waals surface area (Å²) in [6.45, 7) is 7.16. The molecule has 4 rings (SSSR count). The van der Waals surface area contributed by atoms with Crippen LogP contribution >= 0.6 is 0 Å². The number of ether oxygens (including phenoxy) is 1. The molecule has 150 valence electrons. The second-order valence-electron chi connectivity index (χ2n) is 7.42. The molecule has 4 heterocycles. The van der Waals surface area contributed by atoms with Crippen LogP contribution in [-0.2, 0) is 11.3 Å². The molecular formula is C19H25N5O4. The van der Waals surface area contributed by atoms with E-state index in [2.05, 4.69) is 10.3 Å². The maximum atomic E-state index is 13.1. The minimum atomic E-state index is -0.237. The highest BCUT2D eigenvalue weighted by Gasteiger charge is 2.28. The number of hydrogen-bond donors (Lipinski definition) is 0. The number of aryl methyl sites for hydroxylation is 2. The summed E-state index contributed by atoms with van der Waals surface area (Å²) in [4.78, 5) is 29.9. The molecule has 0 saturated carbocycles. The summed E-state index contributed by atoms with van der Waals surface area (Å²) in [5.41, 5.74) is 1.46. The molecule has 1 atom stereocenters. The highest BCUT2D eigenvalue weighted by atomic mass is 16.6. The van der Waals surface area contributed by atoms with Gasteiger partial charge in [0.05, 0.1) is 12.6 Å². The number of hydrogen-bond acceptors (Lipinski definition) is 7. The summed E-state index contributed by atoms with van der Waals surface area (Å²) in [7, 11) is 0. The fraction of sp³-hybridized carbons (Fsp3) is 0.579. The van der Waals surface area contributed by atoms with Crippen molar-refractivity contribution in [3.05, 3.63) is 39.4 Å². The summed E-state index contributed by atoms with van der Waals surface area (Å²) in [6, 6.07) is 1.84. The molecule has 2 saturated heterocycles. The zero-order valence-corrected chi connectivity index (χ0v) is 16.3. The lowest BCUT2D eigenvalue weighted by atomic mass is 10.1. The predicted molar refractivity (Wildman–Crippen MR) is 102 cm³/mol. The second kappa shape index (κ2) is 7.75. The van der Waals surface area contributed by atoms with Crippen molar-refractivity contribution in [3.8, 4) is 0 Å². The fourth-order valence-corrected chi connectivity index (χ4v) is 3.87. The Hall–Kier alpha value is -2.68. The molecule has 2 fully saturated rings. The number of nitrogens with zero attached hydrogens (tertiary/aromatic N) is 5. The number of rotatable bonds is 4. The summed E-state index contributed by atoms with van der Waals surface area (Å²) in [6.07, 6.45) is 3.77. The van der Waals surface area contributed by atoms with E-state index >= 15 is 0 Å². The number of pyridine rings is 1. The van der Waals surface area contributed by atoms with Gasteiger partial charge in [-0.15, -0.1) is 0 Å². The Balaban J connectivity index is 1.49. The molecular weight excluding hydrogens is 362 g/mol. The average molecular weight is 387 g/mol. The van der Waals surface area contributed by atoms with Crippen molar-refractivity contribution in [1.29, 1.82) is 0 Å². The lowest BCUT2D eigenvalue weighted by Gasteiger charge is -2.34. The van der Waals surface area contributed by atoms with Crippen LogP contribution < -0.4 is 10.5 Å². The number of aromatic nitrogens is 3. The van der Waals surface area contributed by atoms with Crippen molar-refractivity contribution in [2.45, 2.75) is 39.3 Å². The number of amides is 1. The molecule has 0 radical (unpaired) electrons. The van der Waals surface area contributed by atoms with E-state index in [-0.39, 0.29) is 23.1 Å². The minimum Gasteiger partial charge on any atom is -0.376 e. The SMILES string of the molecule is Cc1ccn(CC2CCCO2)c(=O)c1C(=O)N1CCN(c2nonc2C)CC1. The summed E-state index contributed by atoms with van der Waals surface area (Å²) >= 11 is 0. The van der Waals surface area contributed by atoms with Crippen LogP contribution in [0.15, 0.2) is 21.7 Å². The van der Waals surface area contributed by atoms with Crippen molar-refractivity contribution in [2.75, 3.05) is 37.7 Å². The van der Waals surface area contributed by atoms with Gasteiger partial charge in [-0.05, 0) is 43.5 Å². The molecule has 0 bridgehead atoms. The number of carbonyl (C=O) groups excluding carboxylic acids is 1. The number of anilines is 1. The third kappa shape index (κ3) is 3.54. The molecule has 9 heteroatoms. The van der Waals surface area contributed by atoms with Crippen molar-refractivity contribution in [1.82, 2.24) is 19.8 Å². The van der Waals surface area contributed by atoms with Gasteiger partial charge in [-0.25, -0.2) is 4.63 Å². The maximum Gasteiger partial charge on any atom is 0.263 e. The molecule has 0 spiro atoms. The van der Waals surface area contributed by atoms with Gasteiger partial charge in [0.15, 0.2) is 5.82 Å². The van der Waals surface area contributed by atoms with Crippen LogP contribution in [-0.4, -0.2) is 64.6 Å². The van der Waals surface area contributed by atoms with Gasteiger partial charge < -0.3 is 19.1 Å². The topological polar surface area (TPSA) is 93.7 Å². The van der Waals surface area contributed by atoms with Gasteiger partial charge in [0.25, 0.3) is 11.5 Å². The Bertz CT molecular complexity index is 907. The van der Waals surface area contributed by atoms with E-state index in [1.807, 2.05) is 24.8 Å². The van der Waals surface area contributed by atoms with Gasteiger partial charge in [0, 0.05) is 39.0 Å². The van der Waals surface area contributed by atoms with Gasteiger partial charge in [-0.1, -0.05) is 5.16 Å². The predicted octanol–water partition coefficient (Wildman–Crippen LogP) is 0.990. The minimum absolute atomic E-state index is 0.0474. The summed E-state index contributed by atoms with van der Waals surface area (Å²) < 4.78 is 12.0. The van der Waals surface area contributed by atoms with Crippen LogP contribution in [0.1, 0.15) is 34.5 Å². The quantitative estimate of drug-likeness (QED) is 0.772. The first-order chi connectivity index (χ1) is 13.5. The van der Waals surface area contributed by atoms with E-state index in [9.17, 15) is 9.59 Å². The summed E-state index contributed by atoms with van der Waals surface area (Å²) in [5.74, 6) is 0.501. The normalized spacial score (nSPS) is 20.0. The molecule has 0 N–H and O–H groups in total. The van der Waals surface area contributed by atoms with Crippen LogP contribution in [0.4, 0.5) is 5.82 Å².